The third kappa shape index (κ3) is 2.93. The zero-order valence-electron chi connectivity index (χ0n) is 15.0. The van der Waals surface area contributed by atoms with Crippen molar-refractivity contribution in [2.75, 3.05) is 18.9 Å². The second-order valence-electron chi connectivity index (χ2n) is 6.57. The third-order valence-electron chi connectivity index (χ3n) is 4.71. The molecule has 0 unspecified atom stereocenters. The first-order valence-electron chi connectivity index (χ1n) is 9.04. The van der Waals surface area contributed by atoms with Crippen LogP contribution in [0.4, 0.5) is 5.82 Å². The van der Waals surface area contributed by atoms with Crippen LogP contribution in [0, 0.1) is 0 Å². The first-order chi connectivity index (χ1) is 13.8. The van der Waals surface area contributed by atoms with Crippen molar-refractivity contribution < 1.29 is 9.47 Å². The molecule has 1 fully saturated rings. The average molecular weight is 374 g/mol. The number of ether oxygens (including phenoxy) is 2. The Morgan fingerprint density at radius 1 is 1.11 bits per heavy atom. The molecule has 8 heteroatoms. The molecule has 4 aromatic heterocycles. The van der Waals surface area contributed by atoms with Crippen molar-refractivity contribution in [3.63, 3.8) is 0 Å². The van der Waals surface area contributed by atoms with Gasteiger partial charge in [-0.2, -0.15) is 4.98 Å². The molecule has 1 aliphatic heterocycles. The van der Waals surface area contributed by atoms with Crippen molar-refractivity contribution in [1.29, 1.82) is 0 Å². The number of nitrogens with two attached hydrogens (primary N) is 1. The van der Waals surface area contributed by atoms with Gasteiger partial charge >= 0.3 is 0 Å². The minimum Gasteiger partial charge on any atom is -0.470 e. The van der Waals surface area contributed by atoms with E-state index >= 15 is 0 Å². The molecule has 8 nitrogen and oxygen atoms in total. The number of aromatic amines is 1. The SMILES string of the molecule is Nc1cc(-c2[nH]c3c(O[C@H]4CCOC4)ncnc3c2-c2ccccn2)ccn1. The fourth-order valence-corrected chi connectivity index (χ4v) is 3.41. The minimum absolute atomic E-state index is 0.0141. The van der Waals surface area contributed by atoms with Gasteiger partial charge in [0.2, 0.25) is 5.88 Å². The predicted octanol–water partition coefficient (Wildman–Crippen LogP) is 2.83. The highest BCUT2D eigenvalue weighted by molar-refractivity contribution is 6.02. The van der Waals surface area contributed by atoms with E-state index in [1.165, 1.54) is 6.33 Å². The molecule has 28 heavy (non-hydrogen) atoms. The van der Waals surface area contributed by atoms with Gasteiger partial charge < -0.3 is 20.2 Å². The molecular formula is C20H18N6O2. The molecule has 140 valence electrons. The molecule has 1 saturated heterocycles. The fourth-order valence-electron chi connectivity index (χ4n) is 3.41. The summed E-state index contributed by atoms with van der Waals surface area (Å²) in [5, 5.41) is 0. The van der Waals surface area contributed by atoms with Crippen molar-refractivity contribution in [2.45, 2.75) is 12.5 Å². The van der Waals surface area contributed by atoms with E-state index in [4.69, 9.17) is 15.2 Å². The van der Waals surface area contributed by atoms with E-state index in [0.29, 0.717) is 24.9 Å². The van der Waals surface area contributed by atoms with Crippen LogP contribution in [0.2, 0.25) is 0 Å². The highest BCUT2D eigenvalue weighted by Gasteiger charge is 2.23. The van der Waals surface area contributed by atoms with Crippen LogP contribution in [-0.4, -0.2) is 44.2 Å². The van der Waals surface area contributed by atoms with Crippen molar-refractivity contribution >= 4 is 16.9 Å². The normalized spacial score (nSPS) is 16.5. The molecule has 3 N–H and O–H groups in total. The quantitative estimate of drug-likeness (QED) is 0.565. The topological polar surface area (TPSA) is 112 Å². The highest BCUT2D eigenvalue weighted by Crippen LogP contribution is 2.39. The van der Waals surface area contributed by atoms with Crippen LogP contribution >= 0.6 is 0 Å². The second kappa shape index (κ2) is 6.90. The Hall–Kier alpha value is -3.52. The van der Waals surface area contributed by atoms with E-state index in [2.05, 4.69) is 24.9 Å². The van der Waals surface area contributed by atoms with Gasteiger partial charge in [0.25, 0.3) is 0 Å². The lowest BCUT2D eigenvalue weighted by molar-refractivity contribution is 0.139. The Labute approximate surface area is 160 Å². The van der Waals surface area contributed by atoms with Gasteiger partial charge in [0, 0.05) is 24.4 Å². The summed E-state index contributed by atoms with van der Waals surface area (Å²) in [6.45, 7) is 1.26. The van der Waals surface area contributed by atoms with E-state index in [9.17, 15) is 0 Å². The number of nitrogens with zero attached hydrogens (tertiary/aromatic N) is 4. The number of rotatable bonds is 4. The van der Waals surface area contributed by atoms with Gasteiger partial charge in [-0.1, -0.05) is 6.07 Å². The number of anilines is 1. The lowest BCUT2D eigenvalue weighted by atomic mass is 10.1. The Kier molecular flexibility index (Phi) is 4.10. The Morgan fingerprint density at radius 3 is 2.86 bits per heavy atom. The highest BCUT2D eigenvalue weighted by atomic mass is 16.5. The molecule has 0 aromatic carbocycles. The lowest BCUT2D eigenvalue weighted by Gasteiger charge is -2.10. The summed E-state index contributed by atoms with van der Waals surface area (Å²) in [5.74, 6) is 0.944. The van der Waals surface area contributed by atoms with Gasteiger partial charge in [0.15, 0.2) is 0 Å². The van der Waals surface area contributed by atoms with Crippen molar-refractivity contribution in [3.05, 3.63) is 49.1 Å². The van der Waals surface area contributed by atoms with Crippen LogP contribution in [-0.2, 0) is 4.74 Å². The molecule has 0 spiro atoms. The molecule has 5 heterocycles. The molecule has 4 aromatic rings. The van der Waals surface area contributed by atoms with Gasteiger partial charge in [-0.05, 0) is 24.3 Å². The summed E-state index contributed by atoms with van der Waals surface area (Å²) >= 11 is 0. The van der Waals surface area contributed by atoms with Crippen LogP contribution in [0.3, 0.4) is 0 Å². The van der Waals surface area contributed by atoms with E-state index in [1.807, 2.05) is 30.3 Å². The number of hydrogen-bond acceptors (Lipinski definition) is 7. The van der Waals surface area contributed by atoms with Crippen molar-refractivity contribution in [3.8, 4) is 28.4 Å². The number of aromatic nitrogens is 5. The van der Waals surface area contributed by atoms with Crippen LogP contribution in [0.1, 0.15) is 6.42 Å². The number of H-pyrrole nitrogens is 1. The third-order valence-corrected chi connectivity index (χ3v) is 4.71. The van der Waals surface area contributed by atoms with E-state index in [0.717, 1.165) is 40.0 Å². The van der Waals surface area contributed by atoms with Crippen LogP contribution < -0.4 is 10.5 Å². The van der Waals surface area contributed by atoms with Gasteiger partial charge in [-0.3, -0.25) is 4.98 Å². The monoisotopic (exact) mass is 374 g/mol. The molecule has 0 saturated carbocycles. The van der Waals surface area contributed by atoms with Crippen LogP contribution in [0.5, 0.6) is 5.88 Å². The van der Waals surface area contributed by atoms with Gasteiger partial charge in [0.05, 0.1) is 30.2 Å². The Balaban J connectivity index is 1.73. The summed E-state index contributed by atoms with van der Waals surface area (Å²) in [7, 11) is 0. The van der Waals surface area contributed by atoms with Gasteiger partial charge in [0.1, 0.15) is 29.3 Å². The summed E-state index contributed by atoms with van der Waals surface area (Å²) in [4.78, 5) is 20.9. The number of nitrogen functional groups attached to an aromatic ring is 1. The molecule has 0 radical (unpaired) electrons. The summed E-state index contributed by atoms with van der Waals surface area (Å²) in [6, 6.07) is 9.48. The molecule has 5 rings (SSSR count). The summed E-state index contributed by atoms with van der Waals surface area (Å²) in [6.07, 6.45) is 5.77. The molecule has 1 atom stereocenters. The van der Waals surface area contributed by atoms with Crippen LogP contribution in [0.25, 0.3) is 33.5 Å². The van der Waals surface area contributed by atoms with E-state index in [-0.39, 0.29) is 6.10 Å². The largest absolute Gasteiger partial charge is 0.470 e. The minimum atomic E-state index is -0.0141. The molecular weight excluding hydrogens is 356 g/mol. The van der Waals surface area contributed by atoms with Gasteiger partial charge in [-0.25, -0.2) is 9.97 Å². The molecule has 1 aliphatic rings. The summed E-state index contributed by atoms with van der Waals surface area (Å²) < 4.78 is 11.5. The number of fused-ring (bicyclic) bond motifs is 1. The van der Waals surface area contributed by atoms with Gasteiger partial charge in [-0.15, -0.1) is 0 Å². The zero-order valence-corrected chi connectivity index (χ0v) is 15.0. The Morgan fingerprint density at radius 2 is 2.07 bits per heavy atom. The fraction of sp³-hybridized carbons (Fsp3) is 0.200. The maximum Gasteiger partial charge on any atom is 0.241 e. The smallest absolute Gasteiger partial charge is 0.241 e. The van der Waals surface area contributed by atoms with E-state index in [1.54, 1.807) is 12.4 Å². The molecule has 0 aliphatic carbocycles. The maximum absolute atomic E-state index is 6.09. The maximum atomic E-state index is 6.09. The first-order valence-corrected chi connectivity index (χ1v) is 9.04. The second-order valence-corrected chi connectivity index (χ2v) is 6.57. The zero-order chi connectivity index (χ0) is 18.9. The predicted molar refractivity (Wildman–Crippen MR) is 105 cm³/mol. The number of hydrogen-bond donors (Lipinski definition) is 2. The molecule has 0 amide bonds. The van der Waals surface area contributed by atoms with Crippen LogP contribution in [0.15, 0.2) is 49.1 Å². The Bertz CT molecular complexity index is 1120. The standard InChI is InChI=1S/C20H18N6O2/c21-15-9-12(4-7-23-15)17-16(14-3-1-2-6-22-14)18-19(26-17)20(25-11-24-18)28-13-5-8-27-10-13/h1-4,6-7,9,11,13,26H,5,8,10H2,(H2,21,23)/t13-/m0/s1. The lowest BCUT2D eigenvalue weighted by Crippen LogP contribution is -2.16. The van der Waals surface area contributed by atoms with E-state index < -0.39 is 0 Å². The average Bonchev–Trinajstić information content (AvgIpc) is 3.37. The number of pyridine rings is 2. The first kappa shape index (κ1) is 16.6. The summed E-state index contributed by atoms with van der Waals surface area (Å²) in [5.41, 5.74) is 10.8. The van der Waals surface area contributed by atoms with Crippen molar-refractivity contribution in [1.82, 2.24) is 24.9 Å². The van der Waals surface area contributed by atoms with Crippen molar-refractivity contribution in [2.24, 2.45) is 0 Å². The molecule has 0 bridgehead atoms. The number of nitrogens with one attached hydrogen (secondary N) is 1.